The topological polar surface area (TPSA) is 149 Å². The minimum atomic E-state index is -1.57. The van der Waals surface area contributed by atoms with Crippen LogP contribution in [0.1, 0.15) is 181 Å². The van der Waals surface area contributed by atoms with Crippen molar-refractivity contribution in [2.24, 2.45) is 0 Å². The second-order valence-electron chi connectivity index (χ2n) is 14.8. The Hall–Kier alpha value is -1.33. The second-order valence-corrected chi connectivity index (χ2v) is 14.8. The maximum absolute atomic E-state index is 12.9. The Bertz CT molecular complexity index is 853. The van der Waals surface area contributed by atoms with Crippen molar-refractivity contribution in [1.82, 2.24) is 5.32 Å². The number of amides is 1. The molecule has 0 aromatic heterocycles. The molecular weight excluding hydrogens is 646 g/mol. The summed E-state index contributed by atoms with van der Waals surface area (Å²) < 4.78 is 11.2. The van der Waals surface area contributed by atoms with Gasteiger partial charge in [-0.3, -0.25) is 4.79 Å². The molecule has 6 N–H and O–H groups in total. The predicted molar refractivity (Wildman–Crippen MR) is 207 cm³/mol. The van der Waals surface area contributed by atoms with E-state index in [9.17, 15) is 30.3 Å². The fourth-order valence-electron chi connectivity index (χ4n) is 6.58. The number of nitrogens with one attached hydrogen (secondary N) is 1. The SMILES string of the molecule is CCCCCCCCC/C=C/CC/C=C/C(O)C(COC1OC(CO)C(O)C(O)C1O)NC(=O)CCCCCCCCCCCCCCCCC. The highest BCUT2D eigenvalue weighted by Crippen LogP contribution is 2.22. The van der Waals surface area contributed by atoms with E-state index in [-0.39, 0.29) is 12.5 Å². The Labute approximate surface area is 311 Å². The quantitative estimate of drug-likeness (QED) is 0.0289. The van der Waals surface area contributed by atoms with Crippen LogP contribution < -0.4 is 5.32 Å². The fraction of sp³-hybridized carbons (Fsp3) is 0.881. The van der Waals surface area contributed by atoms with E-state index in [2.05, 4.69) is 31.3 Å². The minimum absolute atomic E-state index is 0.187. The first-order chi connectivity index (χ1) is 24.8. The number of aliphatic hydroxyl groups is 5. The molecule has 0 aromatic carbocycles. The highest BCUT2D eigenvalue weighted by molar-refractivity contribution is 5.76. The molecule has 1 rings (SSSR count). The van der Waals surface area contributed by atoms with Crippen molar-refractivity contribution in [1.29, 1.82) is 0 Å². The number of aliphatic hydroxyl groups excluding tert-OH is 5. The number of carbonyl (C=O) groups excluding carboxylic acids is 1. The molecule has 0 bridgehead atoms. The van der Waals surface area contributed by atoms with Gasteiger partial charge in [0.05, 0.1) is 25.4 Å². The molecule has 7 atom stereocenters. The Morgan fingerprint density at radius 3 is 1.65 bits per heavy atom. The van der Waals surface area contributed by atoms with Gasteiger partial charge in [-0.25, -0.2) is 0 Å². The third-order valence-electron chi connectivity index (χ3n) is 10.0. The molecule has 1 heterocycles. The molecular formula is C42H79NO8. The van der Waals surface area contributed by atoms with E-state index in [4.69, 9.17) is 9.47 Å². The van der Waals surface area contributed by atoms with E-state index in [1.165, 1.54) is 122 Å². The molecule has 300 valence electrons. The van der Waals surface area contributed by atoms with Gasteiger partial charge in [0, 0.05) is 6.42 Å². The average Bonchev–Trinajstić information content (AvgIpc) is 3.13. The Balaban J connectivity index is 2.42. The van der Waals surface area contributed by atoms with E-state index in [0.717, 1.165) is 38.5 Å². The molecule has 1 saturated heterocycles. The van der Waals surface area contributed by atoms with Gasteiger partial charge in [0.25, 0.3) is 0 Å². The van der Waals surface area contributed by atoms with E-state index in [1.807, 2.05) is 6.08 Å². The molecule has 7 unspecified atom stereocenters. The summed E-state index contributed by atoms with van der Waals surface area (Å²) in [5.41, 5.74) is 0. The highest BCUT2D eigenvalue weighted by atomic mass is 16.7. The van der Waals surface area contributed by atoms with Crippen LogP contribution in [0.25, 0.3) is 0 Å². The van der Waals surface area contributed by atoms with Gasteiger partial charge in [0.1, 0.15) is 24.4 Å². The van der Waals surface area contributed by atoms with Crippen LogP contribution in [0.15, 0.2) is 24.3 Å². The van der Waals surface area contributed by atoms with Crippen molar-refractivity contribution in [3.05, 3.63) is 24.3 Å². The minimum Gasteiger partial charge on any atom is -0.394 e. The van der Waals surface area contributed by atoms with E-state index >= 15 is 0 Å². The Morgan fingerprint density at radius 2 is 1.12 bits per heavy atom. The number of hydrogen-bond acceptors (Lipinski definition) is 8. The molecule has 1 aliphatic heterocycles. The number of rotatable bonds is 34. The molecule has 1 fully saturated rings. The van der Waals surface area contributed by atoms with Gasteiger partial charge in [0.15, 0.2) is 6.29 Å². The van der Waals surface area contributed by atoms with Crippen molar-refractivity contribution in [3.63, 3.8) is 0 Å². The van der Waals surface area contributed by atoms with Crippen LogP contribution in [-0.4, -0.2) is 87.5 Å². The zero-order valence-corrected chi connectivity index (χ0v) is 32.6. The molecule has 0 radical (unpaired) electrons. The Kier molecular flexibility index (Phi) is 31.1. The zero-order chi connectivity index (χ0) is 37.4. The first-order valence-corrected chi connectivity index (χ1v) is 21.1. The van der Waals surface area contributed by atoms with Gasteiger partial charge in [-0.1, -0.05) is 167 Å². The summed E-state index contributed by atoms with van der Waals surface area (Å²) in [4.78, 5) is 12.9. The van der Waals surface area contributed by atoms with Gasteiger partial charge in [-0.15, -0.1) is 0 Å². The monoisotopic (exact) mass is 726 g/mol. The summed E-state index contributed by atoms with van der Waals surface area (Å²) in [5, 5.41) is 54.0. The molecule has 0 spiro atoms. The van der Waals surface area contributed by atoms with Crippen molar-refractivity contribution >= 4 is 5.91 Å². The van der Waals surface area contributed by atoms with Gasteiger partial charge in [0.2, 0.25) is 5.91 Å². The van der Waals surface area contributed by atoms with Crippen LogP contribution in [0.2, 0.25) is 0 Å². The van der Waals surface area contributed by atoms with Gasteiger partial charge in [-0.05, 0) is 32.1 Å². The standard InChI is InChI=1S/C42H79NO8/c1-3-5-7-9-11-13-15-17-18-20-22-24-26-28-30-32-38(46)43-35(34-50-42-41(49)40(48)39(47)37(33-44)51-42)36(45)31-29-27-25-23-21-19-16-14-12-10-8-6-4-2/h21,23,29,31,35-37,39-42,44-45,47-49H,3-20,22,24-28,30,32-34H2,1-2H3,(H,43,46)/b23-21+,31-29+. The molecule has 1 aliphatic rings. The number of ether oxygens (including phenoxy) is 2. The van der Waals surface area contributed by atoms with Gasteiger partial charge in [-0.2, -0.15) is 0 Å². The number of allylic oxidation sites excluding steroid dienone is 3. The highest BCUT2D eigenvalue weighted by Gasteiger charge is 2.44. The summed E-state index contributed by atoms with van der Waals surface area (Å²) in [5.74, 6) is -0.187. The van der Waals surface area contributed by atoms with E-state index in [0.29, 0.717) is 6.42 Å². The third-order valence-corrected chi connectivity index (χ3v) is 10.0. The molecule has 51 heavy (non-hydrogen) atoms. The first kappa shape index (κ1) is 47.7. The van der Waals surface area contributed by atoms with Crippen LogP contribution >= 0.6 is 0 Å². The predicted octanol–water partition coefficient (Wildman–Crippen LogP) is 7.94. The summed E-state index contributed by atoms with van der Waals surface area (Å²) in [6.45, 7) is 3.73. The first-order valence-electron chi connectivity index (χ1n) is 21.1. The summed E-state index contributed by atoms with van der Waals surface area (Å²) in [6.07, 6.45) is 30.7. The van der Waals surface area contributed by atoms with Gasteiger partial charge >= 0.3 is 0 Å². The van der Waals surface area contributed by atoms with Crippen molar-refractivity contribution in [3.8, 4) is 0 Å². The van der Waals surface area contributed by atoms with Crippen molar-refractivity contribution in [2.75, 3.05) is 13.2 Å². The summed E-state index contributed by atoms with van der Waals surface area (Å²) in [7, 11) is 0. The van der Waals surface area contributed by atoms with Crippen LogP contribution in [0.4, 0.5) is 0 Å². The molecule has 0 aliphatic carbocycles. The lowest BCUT2D eigenvalue weighted by Crippen LogP contribution is -2.60. The van der Waals surface area contributed by atoms with Crippen LogP contribution in [0.5, 0.6) is 0 Å². The van der Waals surface area contributed by atoms with Crippen LogP contribution in [0, 0.1) is 0 Å². The number of carbonyl (C=O) groups is 1. The summed E-state index contributed by atoms with van der Waals surface area (Å²) in [6, 6.07) is -0.815. The molecule has 0 aromatic rings. The molecule has 1 amide bonds. The second kappa shape index (κ2) is 33.3. The van der Waals surface area contributed by atoms with Gasteiger partial charge < -0.3 is 40.3 Å². The van der Waals surface area contributed by atoms with Crippen molar-refractivity contribution in [2.45, 2.75) is 224 Å². The van der Waals surface area contributed by atoms with Crippen LogP contribution in [-0.2, 0) is 14.3 Å². The lowest BCUT2D eigenvalue weighted by atomic mass is 9.99. The fourth-order valence-corrected chi connectivity index (χ4v) is 6.58. The van der Waals surface area contributed by atoms with Crippen molar-refractivity contribution < 1.29 is 39.8 Å². The lowest BCUT2D eigenvalue weighted by molar-refractivity contribution is -0.302. The smallest absolute Gasteiger partial charge is 0.220 e. The number of unbranched alkanes of at least 4 members (excludes halogenated alkanes) is 22. The molecule has 9 heteroatoms. The van der Waals surface area contributed by atoms with E-state index in [1.54, 1.807) is 6.08 Å². The largest absolute Gasteiger partial charge is 0.394 e. The third kappa shape index (κ3) is 24.6. The van der Waals surface area contributed by atoms with E-state index < -0.39 is 49.5 Å². The maximum atomic E-state index is 12.9. The zero-order valence-electron chi connectivity index (χ0n) is 32.6. The molecule has 9 nitrogen and oxygen atoms in total. The number of hydrogen-bond donors (Lipinski definition) is 6. The normalized spacial score (nSPS) is 22.2. The summed E-state index contributed by atoms with van der Waals surface area (Å²) >= 11 is 0. The molecule has 0 saturated carbocycles. The average molecular weight is 726 g/mol. The van der Waals surface area contributed by atoms with Crippen LogP contribution in [0.3, 0.4) is 0 Å². The Morgan fingerprint density at radius 1 is 0.647 bits per heavy atom. The lowest BCUT2D eigenvalue weighted by Gasteiger charge is -2.40. The maximum Gasteiger partial charge on any atom is 0.220 e.